The van der Waals surface area contributed by atoms with E-state index in [4.69, 9.17) is 22.7 Å². The Labute approximate surface area is 100.0 Å². The molecule has 0 fully saturated rings. The summed E-state index contributed by atoms with van der Waals surface area (Å²) < 4.78 is 5.16. The van der Waals surface area contributed by atoms with Crippen LogP contribution in [0.15, 0.2) is 24.3 Å². The fourth-order valence-corrected chi connectivity index (χ4v) is 1.43. The van der Waals surface area contributed by atoms with Crippen molar-refractivity contribution in [2.75, 3.05) is 19.1 Å². The van der Waals surface area contributed by atoms with E-state index in [0.717, 1.165) is 0 Å². The molecule has 2 N–H and O–H groups in total. The molecule has 0 aliphatic carbocycles. The Kier molecular flexibility index (Phi) is 4.25. The van der Waals surface area contributed by atoms with Crippen LogP contribution in [-0.4, -0.2) is 25.1 Å². The Hall–Kier alpha value is -1.62. The molecule has 0 saturated heterocycles. The van der Waals surface area contributed by atoms with Crippen molar-refractivity contribution in [3.8, 4) is 5.75 Å². The Bertz CT molecular complexity index is 407. The zero-order valence-corrected chi connectivity index (χ0v) is 10.1. The van der Waals surface area contributed by atoms with Gasteiger partial charge in [0.2, 0.25) is 5.91 Å². The first-order chi connectivity index (χ1) is 7.56. The van der Waals surface area contributed by atoms with Crippen LogP contribution in [0.2, 0.25) is 0 Å². The van der Waals surface area contributed by atoms with E-state index in [2.05, 4.69) is 0 Å². The number of carbonyl (C=O) groups excluding carboxylic acids is 1. The van der Waals surface area contributed by atoms with Gasteiger partial charge in [-0.1, -0.05) is 24.4 Å². The van der Waals surface area contributed by atoms with Crippen molar-refractivity contribution in [2.45, 2.75) is 6.42 Å². The molecule has 1 rings (SSSR count). The minimum absolute atomic E-state index is 0.0594. The van der Waals surface area contributed by atoms with Crippen molar-refractivity contribution in [3.63, 3.8) is 0 Å². The maximum Gasteiger partial charge on any atom is 0.233 e. The summed E-state index contributed by atoms with van der Waals surface area (Å²) in [4.78, 5) is 13.4. The van der Waals surface area contributed by atoms with Crippen molar-refractivity contribution in [1.29, 1.82) is 0 Å². The Balaban J connectivity index is 2.91. The lowest BCUT2D eigenvalue weighted by Gasteiger charge is -2.19. The van der Waals surface area contributed by atoms with Gasteiger partial charge in [0.15, 0.2) is 0 Å². The van der Waals surface area contributed by atoms with Gasteiger partial charge in [-0.15, -0.1) is 0 Å². The van der Waals surface area contributed by atoms with Crippen molar-refractivity contribution in [1.82, 2.24) is 0 Å². The van der Waals surface area contributed by atoms with Gasteiger partial charge in [-0.3, -0.25) is 4.79 Å². The number of methoxy groups -OCH3 is 1. The minimum atomic E-state index is -0.156. The molecule has 86 valence electrons. The largest absolute Gasteiger partial charge is 0.495 e. The predicted molar refractivity (Wildman–Crippen MR) is 67.8 cm³/mol. The highest BCUT2D eigenvalue weighted by atomic mass is 32.1. The van der Waals surface area contributed by atoms with E-state index in [-0.39, 0.29) is 17.3 Å². The lowest BCUT2D eigenvalue weighted by atomic mass is 10.2. The number of amides is 1. The zero-order chi connectivity index (χ0) is 12.1. The number of benzene rings is 1. The number of hydrogen-bond acceptors (Lipinski definition) is 3. The molecule has 1 aromatic carbocycles. The van der Waals surface area contributed by atoms with Crippen LogP contribution >= 0.6 is 12.2 Å². The Morgan fingerprint density at radius 2 is 2.12 bits per heavy atom. The zero-order valence-electron chi connectivity index (χ0n) is 9.27. The Morgan fingerprint density at radius 3 is 2.69 bits per heavy atom. The van der Waals surface area contributed by atoms with Crippen molar-refractivity contribution < 1.29 is 9.53 Å². The molecule has 4 nitrogen and oxygen atoms in total. The van der Waals surface area contributed by atoms with E-state index in [1.54, 1.807) is 26.3 Å². The topological polar surface area (TPSA) is 55.6 Å². The first kappa shape index (κ1) is 12.4. The van der Waals surface area contributed by atoms with Crippen LogP contribution in [0.4, 0.5) is 5.69 Å². The van der Waals surface area contributed by atoms with Gasteiger partial charge in [0.05, 0.1) is 24.2 Å². The molecule has 0 bridgehead atoms. The van der Waals surface area contributed by atoms with Gasteiger partial charge in [-0.25, -0.2) is 0 Å². The quantitative estimate of drug-likeness (QED) is 0.804. The van der Waals surface area contributed by atoms with E-state index in [9.17, 15) is 4.79 Å². The molecule has 0 aliphatic rings. The Morgan fingerprint density at radius 1 is 1.50 bits per heavy atom. The van der Waals surface area contributed by atoms with Crippen molar-refractivity contribution in [3.05, 3.63) is 24.3 Å². The number of anilines is 1. The highest BCUT2D eigenvalue weighted by Crippen LogP contribution is 2.26. The van der Waals surface area contributed by atoms with Gasteiger partial charge < -0.3 is 15.4 Å². The summed E-state index contributed by atoms with van der Waals surface area (Å²) in [6.07, 6.45) is 0.0594. The molecule has 0 aliphatic heterocycles. The molecule has 0 spiro atoms. The fourth-order valence-electron chi connectivity index (χ4n) is 1.31. The van der Waals surface area contributed by atoms with Crippen LogP contribution < -0.4 is 15.4 Å². The summed E-state index contributed by atoms with van der Waals surface area (Å²) in [5.41, 5.74) is 6.03. The number of nitrogens with two attached hydrogens (primary N) is 1. The predicted octanol–water partition coefficient (Wildman–Crippen LogP) is 1.33. The number of nitrogens with zero attached hydrogens (tertiary/aromatic N) is 1. The number of hydrogen-bond donors (Lipinski definition) is 1. The second-order valence-corrected chi connectivity index (χ2v) is 3.79. The highest BCUT2D eigenvalue weighted by Gasteiger charge is 2.15. The summed E-state index contributed by atoms with van der Waals surface area (Å²) >= 11 is 4.70. The molecule has 0 unspecified atom stereocenters. The standard InChI is InChI=1S/C11H14N2O2S/c1-13(11(14)7-10(12)16)8-5-3-4-6-9(8)15-2/h3-6H,7H2,1-2H3,(H2,12,16). The third kappa shape index (κ3) is 2.93. The van der Waals surface area contributed by atoms with Crippen LogP contribution in [-0.2, 0) is 4.79 Å². The molecule has 0 aromatic heterocycles. The van der Waals surface area contributed by atoms with Crippen LogP contribution in [0.5, 0.6) is 5.75 Å². The van der Waals surface area contributed by atoms with E-state index >= 15 is 0 Å². The smallest absolute Gasteiger partial charge is 0.233 e. The third-order valence-electron chi connectivity index (χ3n) is 2.15. The van der Waals surface area contributed by atoms with Crippen LogP contribution in [0.1, 0.15) is 6.42 Å². The number of thiocarbonyl (C=S) groups is 1. The van der Waals surface area contributed by atoms with Gasteiger partial charge in [0.25, 0.3) is 0 Å². The van der Waals surface area contributed by atoms with E-state index < -0.39 is 0 Å². The molecule has 1 amide bonds. The second kappa shape index (κ2) is 5.46. The van der Waals surface area contributed by atoms with Gasteiger partial charge in [0, 0.05) is 7.05 Å². The first-order valence-corrected chi connectivity index (χ1v) is 5.15. The second-order valence-electron chi connectivity index (χ2n) is 3.27. The van der Waals surface area contributed by atoms with Crippen molar-refractivity contribution >= 4 is 28.8 Å². The average molecular weight is 238 g/mol. The molecule has 1 aromatic rings. The molecular formula is C11H14N2O2S. The molecule has 0 saturated carbocycles. The highest BCUT2D eigenvalue weighted by molar-refractivity contribution is 7.80. The number of ether oxygens (including phenoxy) is 1. The van der Waals surface area contributed by atoms with E-state index in [0.29, 0.717) is 11.4 Å². The SMILES string of the molecule is COc1ccccc1N(C)C(=O)CC(N)=S. The molecule has 5 heteroatoms. The summed E-state index contributed by atoms with van der Waals surface area (Å²) in [5.74, 6) is 0.485. The summed E-state index contributed by atoms with van der Waals surface area (Å²) in [6, 6.07) is 7.27. The molecule has 0 heterocycles. The number of para-hydroxylation sites is 2. The van der Waals surface area contributed by atoms with Crippen molar-refractivity contribution in [2.24, 2.45) is 5.73 Å². The van der Waals surface area contributed by atoms with Crippen LogP contribution in [0.3, 0.4) is 0 Å². The van der Waals surface area contributed by atoms with Gasteiger partial charge in [0.1, 0.15) is 5.75 Å². The van der Waals surface area contributed by atoms with E-state index in [1.165, 1.54) is 4.90 Å². The number of carbonyl (C=O) groups is 1. The van der Waals surface area contributed by atoms with Gasteiger partial charge in [-0.05, 0) is 12.1 Å². The third-order valence-corrected chi connectivity index (χ3v) is 2.29. The molecule has 0 radical (unpaired) electrons. The summed E-state index contributed by atoms with van der Waals surface area (Å²) in [7, 11) is 3.23. The molecular weight excluding hydrogens is 224 g/mol. The fraction of sp³-hybridized carbons (Fsp3) is 0.273. The van der Waals surface area contributed by atoms with Gasteiger partial charge in [-0.2, -0.15) is 0 Å². The lowest BCUT2D eigenvalue weighted by molar-refractivity contribution is -0.117. The van der Waals surface area contributed by atoms with Crippen LogP contribution in [0.25, 0.3) is 0 Å². The maximum absolute atomic E-state index is 11.7. The van der Waals surface area contributed by atoms with Gasteiger partial charge >= 0.3 is 0 Å². The number of rotatable bonds is 4. The molecule has 0 atom stereocenters. The molecule has 16 heavy (non-hydrogen) atoms. The normalized spacial score (nSPS) is 9.62. The summed E-state index contributed by atoms with van der Waals surface area (Å²) in [6.45, 7) is 0. The minimum Gasteiger partial charge on any atom is -0.495 e. The summed E-state index contributed by atoms with van der Waals surface area (Å²) in [5, 5.41) is 0. The average Bonchev–Trinajstić information content (AvgIpc) is 2.27. The van der Waals surface area contributed by atoms with Crippen LogP contribution in [0, 0.1) is 0 Å². The monoisotopic (exact) mass is 238 g/mol. The maximum atomic E-state index is 11.7. The first-order valence-electron chi connectivity index (χ1n) is 4.74. The lowest BCUT2D eigenvalue weighted by Crippen LogP contribution is -2.30. The van der Waals surface area contributed by atoms with E-state index in [1.807, 2.05) is 12.1 Å².